The summed E-state index contributed by atoms with van der Waals surface area (Å²) in [6, 6.07) is 22.0. The minimum Gasteiger partial charge on any atom is -0.508 e. The van der Waals surface area contributed by atoms with Crippen molar-refractivity contribution in [2.75, 3.05) is 13.2 Å². The first-order chi connectivity index (χ1) is 16.0. The fraction of sp³-hybridized carbons (Fsp3) is 0.185. The Bertz CT molecular complexity index is 1180. The molecule has 1 aliphatic heterocycles. The number of aliphatic hydroxyl groups excluding tert-OH is 1. The van der Waals surface area contributed by atoms with E-state index in [1.54, 1.807) is 36.4 Å². The Morgan fingerprint density at radius 1 is 0.970 bits per heavy atom. The van der Waals surface area contributed by atoms with Crippen LogP contribution >= 0.6 is 0 Å². The van der Waals surface area contributed by atoms with E-state index in [4.69, 9.17) is 4.74 Å². The summed E-state index contributed by atoms with van der Waals surface area (Å²) in [6.45, 7) is 2.67. The van der Waals surface area contributed by atoms with Gasteiger partial charge >= 0.3 is 0 Å². The lowest BCUT2D eigenvalue weighted by atomic mass is 9.95. The number of nitrogens with zero attached hydrogens (tertiary/aromatic N) is 1. The van der Waals surface area contributed by atoms with Crippen LogP contribution in [0.15, 0.2) is 84.4 Å². The minimum atomic E-state index is -0.813. The Hall–Kier alpha value is -4.06. The van der Waals surface area contributed by atoms with Gasteiger partial charge in [-0.05, 0) is 60.9 Å². The van der Waals surface area contributed by atoms with Crippen LogP contribution in [0.25, 0.3) is 5.76 Å². The number of aromatic hydroxyl groups is 1. The first-order valence-corrected chi connectivity index (χ1v) is 10.8. The van der Waals surface area contributed by atoms with Gasteiger partial charge in [0.1, 0.15) is 17.3 Å². The van der Waals surface area contributed by atoms with Crippen molar-refractivity contribution in [3.05, 3.63) is 101 Å². The molecule has 6 heteroatoms. The summed E-state index contributed by atoms with van der Waals surface area (Å²) in [4.78, 5) is 27.6. The van der Waals surface area contributed by atoms with Crippen molar-refractivity contribution in [1.82, 2.24) is 4.90 Å². The summed E-state index contributed by atoms with van der Waals surface area (Å²) in [5, 5.41) is 21.2. The van der Waals surface area contributed by atoms with Gasteiger partial charge in [0.15, 0.2) is 0 Å². The van der Waals surface area contributed by atoms with Crippen LogP contribution < -0.4 is 4.74 Å². The maximum atomic E-state index is 13.1. The van der Waals surface area contributed by atoms with Crippen LogP contribution in [0, 0.1) is 0 Å². The van der Waals surface area contributed by atoms with Gasteiger partial charge in [-0.15, -0.1) is 0 Å². The van der Waals surface area contributed by atoms with Crippen LogP contribution in [0.5, 0.6) is 11.5 Å². The predicted octanol–water partition coefficient (Wildman–Crippen LogP) is 4.46. The monoisotopic (exact) mass is 443 g/mol. The lowest BCUT2D eigenvalue weighted by molar-refractivity contribution is -0.139. The van der Waals surface area contributed by atoms with Crippen molar-refractivity contribution in [3.63, 3.8) is 0 Å². The molecule has 1 heterocycles. The van der Waals surface area contributed by atoms with Crippen LogP contribution in [0.2, 0.25) is 0 Å². The molecule has 0 aromatic heterocycles. The molecule has 3 aromatic rings. The Morgan fingerprint density at radius 2 is 1.70 bits per heavy atom. The number of phenols is 1. The van der Waals surface area contributed by atoms with Gasteiger partial charge in [0.05, 0.1) is 18.2 Å². The number of benzene rings is 3. The van der Waals surface area contributed by atoms with E-state index < -0.39 is 17.7 Å². The summed E-state index contributed by atoms with van der Waals surface area (Å²) < 4.78 is 5.44. The average molecular weight is 443 g/mol. The molecule has 33 heavy (non-hydrogen) atoms. The van der Waals surface area contributed by atoms with Crippen molar-refractivity contribution < 1.29 is 24.5 Å². The molecule has 0 spiro atoms. The summed E-state index contributed by atoms with van der Waals surface area (Å²) in [7, 11) is 0. The highest BCUT2D eigenvalue weighted by Crippen LogP contribution is 2.40. The summed E-state index contributed by atoms with van der Waals surface area (Å²) in [5.74, 6) is -1.02. The molecule has 0 saturated carbocycles. The molecule has 1 atom stereocenters. The molecule has 4 rings (SSSR count). The number of likely N-dealkylation sites (tertiary alicyclic amines) is 1. The van der Waals surface area contributed by atoms with Gasteiger partial charge in [0.25, 0.3) is 11.7 Å². The van der Waals surface area contributed by atoms with Gasteiger partial charge in [-0.2, -0.15) is 0 Å². The molecule has 168 valence electrons. The van der Waals surface area contributed by atoms with E-state index in [-0.39, 0.29) is 23.6 Å². The van der Waals surface area contributed by atoms with Gasteiger partial charge in [-0.1, -0.05) is 42.5 Å². The molecule has 1 aliphatic rings. The summed E-state index contributed by atoms with van der Waals surface area (Å²) >= 11 is 0. The van der Waals surface area contributed by atoms with Crippen LogP contribution in [0.3, 0.4) is 0 Å². The number of hydrogen-bond acceptors (Lipinski definition) is 5. The second-order valence-electron chi connectivity index (χ2n) is 7.78. The average Bonchev–Trinajstić information content (AvgIpc) is 3.08. The lowest BCUT2D eigenvalue weighted by Gasteiger charge is -2.25. The van der Waals surface area contributed by atoms with E-state index in [0.717, 1.165) is 5.56 Å². The van der Waals surface area contributed by atoms with Crippen LogP contribution in [-0.4, -0.2) is 40.0 Å². The van der Waals surface area contributed by atoms with Crippen LogP contribution in [0.4, 0.5) is 0 Å². The molecule has 1 unspecified atom stereocenters. The number of carbonyl (C=O) groups excluding carboxylic acids is 2. The first kappa shape index (κ1) is 22.1. The van der Waals surface area contributed by atoms with Crippen molar-refractivity contribution in [2.45, 2.75) is 19.4 Å². The molecule has 0 radical (unpaired) electrons. The smallest absolute Gasteiger partial charge is 0.295 e. The number of hydrogen-bond donors (Lipinski definition) is 2. The third kappa shape index (κ3) is 4.60. The van der Waals surface area contributed by atoms with E-state index >= 15 is 0 Å². The molecular formula is C27H25NO5. The number of carbonyl (C=O) groups is 2. The Kier molecular flexibility index (Phi) is 6.45. The maximum absolute atomic E-state index is 13.1. The van der Waals surface area contributed by atoms with Gasteiger partial charge in [0, 0.05) is 12.1 Å². The molecule has 2 N–H and O–H groups in total. The molecule has 0 bridgehead atoms. The van der Waals surface area contributed by atoms with E-state index in [2.05, 4.69) is 0 Å². The maximum Gasteiger partial charge on any atom is 0.295 e. The van der Waals surface area contributed by atoms with E-state index in [1.165, 1.54) is 17.0 Å². The lowest BCUT2D eigenvalue weighted by Crippen LogP contribution is -2.31. The van der Waals surface area contributed by atoms with Crippen LogP contribution in [-0.2, 0) is 16.0 Å². The topological polar surface area (TPSA) is 87.1 Å². The van der Waals surface area contributed by atoms with E-state index in [0.29, 0.717) is 29.9 Å². The highest BCUT2D eigenvalue weighted by atomic mass is 16.5. The predicted molar refractivity (Wildman–Crippen MR) is 125 cm³/mol. The second kappa shape index (κ2) is 9.61. The van der Waals surface area contributed by atoms with Gasteiger partial charge in [0.2, 0.25) is 0 Å². The van der Waals surface area contributed by atoms with E-state index in [9.17, 15) is 19.8 Å². The van der Waals surface area contributed by atoms with Gasteiger partial charge in [-0.25, -0.2) is 0 Å². The molecule has 0 aliphatic carbocycles. The Morgan fingerprint density at radius 3 is 2.36 bits per heavy atom. The molecule has 1 fully saturated rings. The number of amides is 1. The first-order valence-electron chi connectivity index (χ1n) is 10.8. The van der Waals surface area contributed by atoms with Gasteiger partial charge in [-0.3, -0.25) is 9.59 Å². The van der Waals surface area contributed by atoms with Crippen LogP contribution in [0.1, 0.15) is 29.7 Å². The zero-order valence-electron chi connectivity index (χ0n) is 18.3. The molecule has 1 amide bonds. The molecule has 6 nitrogen and oxygen atoms in total. The fourth-order valence-electron chi connectivity index (χ4n) is 4.08. The highest BCUT2D eigenvalue weighted by Gasteiger charge is 2.45. The summed E-state index contributed by atoms with van der Waals surface area (Å²) in [5.41, 5.74) is 1.99. The molecular weight excluding hydrogens is 418 g/mol. The standard InChI is InChI=1S/C27H25NO5/c1-2-33-22-13-11-19(12-14-22)25(30)23-24(20-9-6-10-21(29)17-20)28(27(32)26(23)31)16-15-18-7-4-3-5-8-18/h3-14,17,24,29-30H,2,15-16H2,1H3. The Balaban J connectivity index is 1.76. The Labute approximate surface area is 192 Å². The summed E-state index contributed by atoms with van der Waals surface area (Å²) in [6.07, 6.45) is 0.548. The van der Waals surface area contributed by atoms with Crippen molar-refractivity contribution in [3.8, 4) is 11.5 Å². The number of aliphatic hydroxyl groups is 1. The third-order valence-electron chi connectivity index (χ3n) is 5.65. The number of ketones is 1. The minimum absolute atomic E-state index is 0.00261. The van der Waals surface area contributed by atoms with Crippen molar-refractivity contribution in [1.29, 1.82) is 0 Å². The van der Waals surface area contributed by atoms with Crippen molar-refractivity contribution in [2.24, 2.45) is 0 Å². The zero-order valence-corrected chi connectivity index (χ0v) is 18.3. The highest BCUT2D eigenvalue weighted by molar-refractivity contribution is 6.46. The number of ether oxygens (including phenoxy) is 1. The SMILES string of the molecule is CCOc1ccc(C(O)=C2C(=O)C(=O)N(CCc3ccccc3)C2c2cccc(O)c2)cc1. The largest absolute Gasteiger partial charge is 0.508 e. The molecule has 1 saturated heterocycles. The number of phenolic OH excluding ortho intramolecular Hbond substituents is 1. The van der Waals surface area contributed by atoms with E-state index in [1.807, 2.05) is 37.3 Å². The number of Topliss-reactive ketones (excluding diaryl/α,β-unsaturated/α-hetero) is 1. The number of rotatable bonds is 7. The second-order valence-corrected chi connectivity index (χ2v) is 7.78. The van der Waals surface area contributed by atoms with Crippen molar-refractivity contribution >= 4 is 17.4 Å². The normalized spacial score (nSPS) is 17.4. The fourth-order valence-corrected chi connectivity index (χ4v) is 4.08. The third-order valence-corrected chi connectivity index (χ3v) is 5.65. The molecule has 3 aromatic carbocycles. The quantitative estimate of drug-likeness (QED) is 0.320. The van der Waals surface area contributed by atoms with Gasteiger partial charge < -0.3 is 19.8 Å². The zero-order chi connectivity index (χ0) is 23.4.